The van der Waals surface area contributed by atoms with Crippen molar-refractivity contribution in [1.29, 1.82) is 0 Å². The molecule has 0 radical (unpaired) electrons. The highest BCUT2D eigenvalue weighted by molar-refractivity contribution is 5.40. The summed E-state index contributed by atoms with van der Waals surface area (Å²) in [5.41, 5.74) is 5.67. The predicted octanol–water partition coefficient (Wildman–Crippen LogP) is 7.20. The molecule has 0 spiro atoms. The molecule has 0 bridgehead atoms. The van der Waals surface area contributed by atoms with Gasteiger partial charge in [-0.2, -0.15) is 0 Å². The Hall–Kier alpha value is -1.76. The van der Waals surface area contributed by atoms with E-state index in [1.54, 1.807) is 17.2 Å². The molecule has 1 heteroatoms. The SMILES string of the molecule is CCCCCc1cccc(C(C)Cc2ccccc2O)c1CCCCC. The molecule has 1 unspecified atom stereocenters. The Labute approximate surface area is 160 Å². The van der Waals surface area contributed by atoms with Crippen LogP contribution in [0.25, 0.3) is 0 Å². The van der Waals surface area contributed by atoms with Gasteiger partial charge in [-0.05, 0) is 66.3 Å². The molecule has 2 aromatic carbocycles. The maximum absolute atomic E-state index is 10.1. The topological polar surface area (TPSA) is 20.2 Å². The molecule has 0 aromatic heterocycles. The van der Waals surface area contributed by atoms with Gasteiger partial charge < -0.3 is 5.11 Å². The molecule has 26 heavy (non-hydrogen) atoms. The van der Waals surface area contributed by atoms with Crippen LogP contribution >= 0.6 is 0 Å². The van der Waals surface area contributed by atoms with E-state index < -0.39 is 0 Å². The Balaban J connectivity index is 2.23. The smallest absolute Gasteiger partial charge is 0.118 e. The molecule has 2 aromatic rings. The number of hydrogen-bond donors (Lipinski definition) is 1. The van der Waals surface area contributed by atoms with Gasteiger partial charge in [-0.15, -0.1) is 0 Å². The van der Waals surface area contributed by atoms with Crippen molar-refractivity contribution in [3.63, 3.8) is 0 Å². The van der Waals surface area contributed by atoms with E-state index in [0.717, 1.165) is 12.0 Å². The zero-order valence-corrected chi connectivity index (χ0v) is 16.9. The third-order valence-electron chi connectivity index (χ3n) is 5.44. The lowest BCUT2D eigenvalue weighted by Gasteiger charge is -2.21. The second-order valence-electron chi connectivity index (χ2n) is 7.63. The van der Waals surface area contributed by atoms with Crippen LogP contribution in [0.4, 0.5) is 0 Å². The average Bonchev–Trinajstić information content (AvgIpc) is 2.65. The van der Waals surface area contributed by atoms with E-state index in [-0.39, 0.29) is 0 Å². The lowest BCUT2D eigenvalue weighted by atomic mass is 9.85. The Morgan fingerprint density at radius 3 is 2.12 bits per heavy atom. The van der Waals surface area contributed by atoms with E-state index in [4.69, 9.17) is 0 Å². The van der Waals surface area contributed by atoms with Gasteiger partial charge in [0.2, 0.25) is 0 Å². The van der Waals surface area contributed by atoms with E-state index >= 15 is 0 Å². The van der Waals surface area contributed by atoms with Crippen LogP contribution in [-0.4, -0.2) is 5.11 Å². The monoisotopic (exact) mass is 352 g/mol. The third-order valence-corrected chi connectivity index (χ3v) is 5.44. The van der Waals surface area contributed by atoms with E-state index in [1.807, 2.05) is 18.2 Å². The standard InChI is InChI=1S/C25H36O/c1-4-6-8-13-21-15-12-17-23(24(21)16-9-7-5-2)20(3)19-22-14-10-11-18-25(22)26/h10-12,14-15,17-18,20,26H,4-9,13,16,19H2,1-3H3. The highest BCUT2D eigenvalue weighted by atomic mass is 16.3. The summed E-state index contributed by atoms with van der Waals surface area (Å²) in [5, 5.41) is 10.1. The van der Waals surface area contributed by atoms with Gasteiger partial charge in [-0.1, -0.05) is 82.9 Å². The van der Waals surface area contributed by atoms with Gasteiger partial charge in [0.1, 0.15) is 5.75 Å². The quantitative estimate of drug-likeness (QED) is 0.424. The summed E-state index contributed by atoms with van der Waals surface area (Å²) < 4.78 is 0. The molecule has 0 saturated carbocycles. The lowest BCUT2D eigenvalue weighted by molar-refractivity contribution is 0.465. The second kappa shape index (κ2) is 11.1. The Kier molecular flexibility index (Phi) is 8.74. The molecule has 1 N–H and O–H groups in total. The van der Waals surface area contributed by atoms with Crippen molar-refractivity contribution in [2.45, 2.75) is 84.5 Å². The van der Waals surface area contributed by atoms with Crippen molar-refractivity contribution in [2.24, 2.45) is 0 Å². The minimum atomic E-state index is 0.422. The average molecular weight is 353 g/mol. The zero-order chi connectivity index (χ0) is 18.8. The molecular weight excluding hydrogens is 316 g/mol. The van der Waals surface area contributed by atoms with Crippen LogP contribution < -0.4 is 0 Å². The summed E-state index contributed by atoms with van der Waals surface area (Å²) in [5.74, 6) is 0.844. The first-order chi connectivity index (χ1) is 12.7. The van der Waals surface area contributed by atoms with Crippen molar-refractivity contribution in [3.05, 3.63) is 64.7 Å². The van der Waals surface area contributed by atoms with E-state index in [2.05, 4.69) is 39.0 Å². The first kappa shape index (κ1) is 20.6. The molecule has 0 aliphatic heterocycles. The van der Waals surface area contributed by atoms with Gasteiger partial charge in [0.05, 0.1) is 0 Å². The number of benzene rings is 2. The van der Waals surface area contributed by atoms with Crippen LogP contribution in [0.2, 0.25) is 0 Å². The first-order valence-corrected chi connectivity index (χ1v) is 10.5. The lowest BCUT2D eigenvalue weighted by Crippen LogP contribution is -2.07. The molecule has 2 rings (SSSR count). The number of aryl methyl sites for hydroxylation is 1. The molecule has 1 atom stereocenters. The Bertz CT molecular complexity index is 659. The van der Waals surface area contributed by atoms with Crippen molar-refractivity contribution in [3.8, 4) is 5.75 Å². The van der Waals surface area contributed by atoms with Crippen LogP contribution in [0.15, 0.2) is 42.5 Å². The fourth-order valence-electron chi connectivity index (χ4n) is 3.90. The van der Waals surface area contributed by atoms with Crippen LogP contribution in [0.1, 0.15) is 87.5 Å². The van der Waals surface area contributed by atoms with Gasteiger partial charge in [0.25, 0.3) is 0 Å². The summed E-state index contributed by atoms with van der Waals surface area (Å²) in [6.45, 7) is 6.85. The van der Waals surface area contributed by atoms with Gasteiger partial charge >= 0.3 is 0 Å². The van der Waals surface area contributed by atoms with Crippen LogP contribution in [0.5, 0.6) is 5.75 Å². The normalized spacial score (nSPS) is 12.3. The Morgan fingerprint density at radius 1 is 0.769 bits per heavy atom. The minimum Gasteiger partial charge on any atom is -0.508 e. The number of phenolic OH excluding ortho intramolecular Hbond substituents is 1. The fraction of sp³-hybridized carbons (Fsp3) is 0.520. The summed E-state index contributed by atoms with van der Waals surface area (Å²) in [4.78, 5) is 0. The molecule has 0 heterocycles. The molecule has 0 amide bonds. The van der Waals surface area contributed by atoms with Crippen LogP contribution in [0.3, 0.4) is 0 Å². The van der Waals surface area contributed by atoms with Crippen molar-refractivity contribution in [2.75, 3.05) is 0 Å². The fourth-order valence-corrected chi connectivity index (χ4v) is 3.90. The number of para-hydroxylation sites is 1. The van der Waals surface area contributed by atoms with E-state index in [9.17, 15) is 5.11 Å². The Morgan fingerprint density at radius 2 is 1.42 bits per heavy atom. The molecule has 0 fully saturated rings. The number of rotatable bonds is 11. The third kappa shape index (κ3) is 5.90. The summed E-state index contributed by atoms with van der Waals surface area (Å²) in [6.07, 6.45) is 11.0. The molecule has 142 valence electrons. The maximum Gasteiger partial charge on any atom is 0.118 e. The van der Waals surface area contributed by atoms with Crippen molar-refractivity contribution < 1.29 is 5.11 Å². The van der Waals surface area contributed by atoms with Gasteiger partial charge in [0, 0.05) is 0 Å². The number of phenols is 1. The van der Waals surface area contributed by atoms with Crippen molar-refractivity contribution in [1.82, 2.24) is 0 Å². The highest BCUT2D eigenvalue weighted by Crippen LogP contribution is 2.30. The molecular formula is C25H36O. The second-order valence-corrected chi connectivity index (χ2v) is 7.63. The van der Waals surface area contributed by atoms with Crippen LogP contribution in [0, 0.1) is 0 Å². The zero-order valence-electron chi connectivity index (χ0n) is 16.9. The van der Waals surface area contributed by atoms with Gasteiger partial charge in [-0.3, -0.25) is 0 Å². The number of hydrogen-bond acceptors (Lipinski definition) is 1. The largest absolute Gasteiger partial charge is 0.508 e. The molecule has 0 aliphatic carbocycles. The van der Waals surface area contributed by atoms with Gasteiger partial charge in [-0.25, -0.2) is 0 Å². The van der Waals surface area contributed by atoms with Crippen molar-refractivity contribution >= 4 is 0 Å². The highest BCUT2D eigenvalue weighted by Gasteiger charge is 2.15. The maximum atomic E-state index is 10.1. The number of unbranched alkanes of at least 4 members (excludes halogenated alkanes) is 4. The van der Waals surface area contributed by atoms with Gasteiger partial charge in [0.15, 0.2) is 0 Å². The predicted molar refractivity (Wildman–Crippen MR) is 113 cm³/mol. The van der Waals surface area contributed by atoms with E-state index in [1.165, 1.54) is 56.9 Å². The summed E-state index contributed by atoms with van der Waals surface area (Å²) in [7, 11) is 0. The number of aromatic hydroxyl groups is 1. The molecule has 0 saturated heterocycles. The van der Waals surface area contributed by atoms with E-state index in [0.29, 0.717) is 11.7 Å². The summed E-state index contributed by atoms with van der Waals surface area (Å²) >= 11 is 0. The minimum absolute atomic E-state index is 0.422. The first-order valence-electron chi connectivity index (χ1n) is 10.5. The van der Waals surface area contributed by atoms with Crippen LogP contribution in [-0.2, 0) is 19.3 Å². The summed E-state index contributed by atoms with van der Waals surface area (Å²) in [6, 6.07) is 14.7. The molecule has 1 nitrogen and oxygen atoms in total. The molecule has 0 aliphatic rings.